The Morgan fingerprint density at radius 1 is 1.29 bits per heavy atom. The van der Waals surface area contributed by atoms with Gasteiger partial charge in [0, 0.05) is 12.0 Å². The van der Waals surface area contributed by atoms with Gasteiger partial charge in [-0.2, -0.15) is 0 Å². The molecular weight excluding hydrogens is 210 g/mol. The molecule has 0 saturated heterocycles. The first-order valence-corrected chi connectivity index (χ1v) is 5.87. The molecule has 0 aliphatic heterocycles. The predicted molar refractivity (Wildman–Crippen MR) is 71.9 cm³/mol. The normalized spacial score (nSPS) is 10.6. The minimum Gasteiger partial charge on any atom is -0.481 e. The molecule has 1 aromatic carbocycles. The minimum atomic E-state index is 0.0390. The van der Waals surface area contributed by atoms with Crippen molar-refractivity contribution in [2.45, 2.75) is 27.3 Å². The van der Waals surface area contributed by atoms with E-state index < -0.39 is 0 Å². The van der Waals surface area contributed by atoms with Gasteiger partial charge in [-0.05, 0) is 45.5 Å². The number of benzene rings is 1. The summed E-state index contributed by atoms with van der Waals surface area (Å²) in [5.74, 6) is 7.06. The van der Waals surface area contributed by atoms with E-state index >= 15 is 0 Å². The molecule has 0 radical (unpaired) electrons. The molecule has 0 aromatic heterocycles. The summed E-state index contributed by atoms with van der Waals surface area (Å²) >= 11 is 0. The molecular formula is C15H21NO. The van der Waals surface area contributed by atoms with Crippen LogP contribution in [0.3, 0.4) is 0 Å². The van der Waals surface area contributed by atoms with Crippen LogP contribution in [-0.4, -0.2) is 13.7 Å². The Labute approximate surface area is 104 Å². The van der Waals surface area contributed by atoms with Crippen molar-refractivity contribution in [3.63, 3.8) is 0 Å². The molecule has 1 rings (SSSR count). The van der Waals surface area contributed by atoms with E-state index in [1.165, 1.54) is 5.56 Å². The Balaban J connectivity index is 2.51. The van der Waals surface area contributed by atoms with Crippen LogP contribution < -0.4 is 10.1 Å². The van der Waals surface area contributed by atoms with Gasteiger partial charge in [-0.15, -0.1) is 0 Å². The van der Waals surface area contributed by atoms with Crippen LogP contribution in [0.2, 0.25) is 0 Å². The van der Waals surface area contributed by atoms with E-state index in [1.807, 2.05) is 25.2 Å². The second-order valence-electron chi connectivity index (χ2n) is 5.02. The zero-order valence-electron chi connectivity index (χ0n) is 11.1. The summed E-state index contributed by atoms with van der Waals surface area (Å²) in [4.78, 5) is 0. The highest BCUT2D eigenvalue weighted by Gasteiger charge is 2.02. The molecule has 2 nitrogen and oxygen atoms in total. The Hall–Kier alpha value is -1.46. The third-order valence-corrected chi connectivity index (χ3v) is 2.05. The number of hydrogen-bond acceptors (Lipinski definition) is 2. The Kier molecular flexibility index (Phi) is 5.06. The van der Waals surface area contributed by atoms with E-state index in [4.69, 9.17) is 4.74 Å². The van der Waals surface area contributed by atoms with Crippen LogP contribution in [0.25, 0.3) is 0 Å². The maximum absolute atomic E-state index is 5.59. The van der Waals surface area contributed by atoms with Crippen LogP contribution in [0.4, 0.5) is 0 Å². The van der Waals surface area contributed by atoms with Crippen LogP contribution in [0.1, 0.15) is 26.3 Å². The maximum atomic E-state index is 5.59. The van der Waals surface area contributed by atoms with Crippen molar-refractivity contribution >= 4 is 0 Å². The molecule has 0 bridgehead atoms. The fraction of sp³-hybridized carbons (Fsp3) is 0.467. The van der Waals surface area contributed by atoms with Gasteiger partial charge in [0.05, 0.1) is 0 Å². The summed E-state index contributed by atoms with van der Waals surface area (Å²) in [5, 5.41) is 3.11. The highest BCUT2D eigenvalue weighted by Crippen LogP contribution is 2.13. The van der Waals surface area contributed by atoms with E-state index in [0.29, 0.717) is 6.61 Å². The quantitative estimate of drug-likeness (QED) is 0.805. The Morgan fingerprint density at radius 3 is 2.71 bits per heavy atom. The Morgan fingerprint density at radius 2 is 2.06 bits per heavy atom. The standard InChI is InChI=1S/C15H21NO/c1-15(2,3)9-6-10-17-14-8-5-7-13(11-14)12-16-4/h5,7-8,11,16H,10,12H2,1-4H3. The van der Waals surface area contributed by atoms with E-state index in [2.05, 4.69) is 44.0 Å². The first-order chi connectivity index (χ1) is 8.01. The monoisotopic (exact) mass is 231 g/mol. The van der Waals surface area contributed by atoms with Crippen LogP contribution in [0.5, 0.6) is 5.75 Å². The molecule has 0 fully saturated rings. The van der Waals surface area contributed by atoms with Crippen molar-refractivity contribution < 1.29 is 4.74 Å². The summed E-state index contributed by atoms with van der Waals surface area (Å²) in [6.45, 7) is 7.57. The fourth-order valence-electron chi connectivity index (χ4n) is 1.37. The molecule has 1 N–H and O–H groups in total. The first-order valence-electron chi connectivity index (χ1n) is 5.87. The van der Waals surface area contributed by atoms with Gasteiger partial charge in [0.15, 0.2) is 0 Å². The highest BCUT2D eigenvalue weighted by molar-refractivity contribution is 5.28. The van der Waals surface area contributed by atoms with Gasteiger partial charge in [-0.3, -0.25) is 0 Å². The lowest BCUT2D eigenvalue weighted by molar-refractivity contribution is 0.369. The molecule has 92 valence electrons. The zero-order valence-corrected chi connectivity index (χ0v) is 11.1. The zero-order chi connectivity index (χ0) is 12.7. The molecule has 0 amide bonds. The van der Waals surface area contributed by atoms with E-state index in [0.717, 1.165) is 12.3 Å². The molecule has 17 heavy (non-hydrogen) atoms. The van der Waals surface area contributed by atoms with Crippen molar-refractivity contribution in [2.24, 2.45) is 5.41 Å². The molecule has 0 heterocycles. The van der Waals surface area contributed by atoms with Crippen molar-refractivity contribution in [3.05, 3.63) is 29.8 Å². The maximum Gasteiger partial charge on any atom is 0.149 e. The molecule has 1 aromatic rings. The molecule has 0 atom stereocenters. The van der Waals surface area contributed by atoms with E-state index in [9.17, 15) is 0 Å². The van der Waals surface area contributed by atoms with Crippen LogP contribution in [-0.2, 0) is 6.54 Å². The van der Waals surface area contributed by atoms with E-state index in [1.54, 1.807) is 0 Å². The van der Waals surface area contributed by atoms with Gasteiger partial charge in [0.1, 0.15) is 12.4 Å². The second-order valence-corrected chi connectivity index (χ2v) is 5.02. The summed E-state index contributed by atoms with van der Waals surface area (Å²) in [7, 11) is 1.93. The van der Waals surface area contributed by atoms with Gasteiger partial charge in [0.25, 0.3) is 0 Å². The lowest BCUT2D eigenvalue weighted by Gasteiger charge is -2.08. The van der Waals surface area contributed by atoms with Gasteiger partial charge in [-0.25, -0.2) is 0 Å². The molecule has 2 heteroatoms. The predicted octanol–water partition coefficient (Wildman–Crippen LogP) is 2.83. The molecule has 0 aliphatic rings. The number of ether oxygens (including phenoxy) is 1. The summed E-state index contributed by atoms with van der Waals surface area (Å²) < 4.78 is 5.59. The minimum absolute atomic E-state index is 0.0390. The third kappa shape index (κ3) is 5.99. The van der Waals surface area contributed by atoms with Crippen LogP contribution in [0, 0.1) is 17.3 Å². The molecule has 0 saturated carbocycles. The molecule has 0 unspecified atom stereocenters. The van der Waals surface area contributed by atoms with Gasteiger partial charge in [0.2, 0.25) is 0 Å². The largest absolute Gasteiger partial charge is 0.481 e. The lowest BCUT2D eigenvalue weighted by atomic mass is 9.98. The average Bonchev–Trinajstić information content (AvgIpc) is 2.24. The topological polar surface area (TPSA) is 21.3 Å². The smallest absolute Gasteiger partial charge is 0.149 e. The average molecular weight is 231 g/mol. The number of hydrogen-bond donors (Lipinski definition) is 1. The van der Waals surface area contributed by atoms with Crippen molar-refractivity contribution in [1.29, 1.82) is 0 Å². The Bertz CT molecular complexity index is 407. The number of nitrogens with one attached hydrogen (secondary N) is 1. The third-order valence-electron chi connectivity index (χ3n) is 2.05. The summed E-state index contributed by atoms with van der Waals surface area (Å²) in [5.41, 5.74) is 1.26. The van der Waals surface area contributed by atoms with Gasteiger partial charge in [-0.1, -0.05) is 24.0 Å². The first kappa shape index (κ1) is 13.6. The highest BCUT2D eigenvalue weighted by atomic mass is 16.5. The summed E-state index contributed by atoms with van der Waals surface area (Å²) in [6, 6.07) is 8.07. The molecule has 0 spiro atoms. The van der Waals surface area contributed by atoms with Crippen LogP contribution in [0.15, 0.2) is 24.3 Å². The van der Waals surface area contributed by atoms with Crippen molar-refractivity contribution in [2.75, 3.05) is 13.7 Å². The van der Waals surface area contributed by atoms with E-state index in [-0.39, 0.29) is 5.41 Å². The second kappa shape index (κ2) is 6.32. The van der Waals surface area contributed by atoms with Gasteiger partial charge >= 0.3 is 0 Å². The van der Waals surface area contributed by atoms with Crippen molar-refractivity contribution in [3.8, 4) is 17.6 Å². The number of rotatable bonds is 4. The van der Waals surface area contributed by atoms with Crippen molar-refractivity contribution in [1.82, 2.24) is 5.32 Å². The fourth-order valence-corrected chi connectivity index (χ4v) is 1.37. The van der Waals surface area contributed by atoms with Gasteiger partial charge < -0.3 is 10.1 Å². The summed E-state index contributed by atoms with van der Waals surface area (Å²) in [6.07, 6.45) is 0. The lowest BCUT2D eigenvalue weighted by Crippen LogP contribution is -2.05. The molecule has 0 aliphatic carbocycles. The van der Waals surface area contributed by atoms with Crippen LogP contribution >= 0.6 is 0 Å². The SMILES string of the molecule is CNCc1cccc(OCC#CC(C)(C)C)c1.